The number of hydrogen-bond donors (Lipinski definition) is 2. The smallest absolute Gasteiger partial charge is 0.329 e. The number of ether oxygens (including phenoxy) is 1. The number of benzene rings is 1. The molecule has 0 bridgehead atoms. The average molecular weight is 437 g/mol. The van der Waals surface area contributed by atoms with Crippen LogP contribution in [0.4, 0.5) is 0 Å². The third-order valence-corrected chi connectivity index (χ3v) is 5.19. The van der Waals surface area contributed by atoms with E-state index < -0.39 is 17.4 Å². The van der Waals surface area contributed by atoms with Crippen molar-refractivity contribution in [2.75, 3.05) is 12.4 Å². The molecule has 154 valence electrons. The number of aliphatic hydroxyl groups is 1. The molecule has 0 amide bonds. The molecule has 0 aliphatic rings. The maximum absolute atomic E-state index is 12.4. The molecule has 10 heteroatoms. The van der Waals surface area contributed by atoms with Crippen LogP contribution >= 0.6 is 23.4 Å². The molecule has 0 saturated heterocycles. The van der Waals surface area contributed by atoms with E-state index in [2.05, 4.69) is 9.97 Å². The molecule has 29 heavy (non-hydrogen) atoms. The molecular formula is C19H21ClN4O4S. The quantitative estimate of drug-likeness (QED) is 0.524. The third-order valence-electron chi connectivity index (χ3n) is 4.13. The van der Waals surface area contributed by atoms with Crippen LogP contribution in [0, 0.1) is 0 Å². The second-order valence-electron chi connectivity index (χ2n) is 6.38. The summed E-state index contributed by atoms with van der Waals surface area (Å²) >= 11 is 7.23. The second-order valence-corrected chi connectivity index (χ2v) is 7.96. The Bertz CT molecular complexity index is 1130. The van der Waals surface area contributed by atoms with Crippen molar-refractivity contribution in [1.29, 1.82) is 0 Å². The normalized spacial score (nSPS) is 13.0. The molecule has 1 aromatic carbocycles. The topological polar surface area (TPSA) is 102 Å². The first-order valence-electron chi connectivity index (χ1n) is 8.87. The van der Waals surface area contributed by atoms with Crippen molar-refractivity contribution < 1.29 is 9.84 Å². The lowest BCUT2D eigenvalue weighted by molar-refractivity contribution is 0.0914. The van der Waals surface area contributed by atoms with Crippen LogP contribution in [0.3, 0.4) is 0 Å². The summed E-state index contributed by atoms with van der Waals surface area (Å²) in [6.07, 6.45) is 0.919. The first kappa shape index (κ1) is 21.2. The van der Waals surface area contributed by atoms with Gasteiger partial charge in [0, 0.05) is 17.8 Å². The lowest BCUT2D eigenvalue weighted by Gasteiger charge is -2.15. The number of para-hydroxylation sites is 1. The van der Waals surface area contributed by atoms with Crippen LogP contribution in [0.25, 0.3) is 11.2 Å². The molecule has 1 unspecified atom stereocenters. The van der Waals surface area contributed by atoms with Gasteiger partial charge in [-0.2, -0.15) is 0 Å². The molecule has 0 aliphatic carbocycles. The Hall–Kier alpha value is -2.49. The minimum Gasteiger partial charge on any atom is -0.491 e. The Balaban J connectivity index is 1.90. The van der Waals surface area contributed by atoms with Crippen molar-refractivity contribution in [3.63, 3.8) is 0 Å². The lowest BCUT2D eigenvalue weighted by Crippen LogP contribution is -2.30. The summed E-state index contributed by atoms with van der Waals surface area (Å²) in [7, 11) is 1.53. The number of fused-ring (bicyclic) bond motifs is 1. The number of nitrogens with zero attached hydrogens (tertiary/aromatic N) is 3. The highest BCUT2D eigenvalue weighted by Crippen LogP contribution is 2.23. The molecule has 8 nitrogen and oxygen atoms in total. The van der Waals surface area contributed by atoms with Gasteiger partial charge < -0.3 is 14.4 Å². The number of H-pyrrole nitrogens is 1. The van der Waals surface area contributed by atoms with E-state index in [0.29, 0.717) is 21.7 Å². The predicted molar refractivity (Wildman–Crippen MR) is 114 cm³/mol. The van der Waals surface area contributed by atoms with Crippen LogP contribution in [-0.2, 0) is 13.6 Å². The van der Waals surface area contributed by atoms with Crippen LogP contribution in [0.15, 0.2) is 56.2 Å². The fraction of sp³-hybridized carbons (Fsp3) is 0.316. The van der Waals surface area contributed by atoms with Gasteiger partial charge in [-0.15, -0.1) is 0 Å². The number of thioether (sulfide) groups is 1. The maximum atomic E-state index is 12.4. The van der Waals surface area contributed by atoms with Gasteiger partial charge in [-0.25, -0.2) is 9.78 Å². The van der Waals surface area contributed by atoms with Crippen LogP contribution in [0.5, 0.6) is 5.75 Å². The Labute approximate surface area is 175 Å². The molecule has 0 saturated carbocycles. The van der Waals surface area contributed by atoms with Crippen LogP contribution in [0.1, 0.15) is 6.92 Å². The summed E-state index contributed by atoms with van der Waals surface area (Å²) < 4.78 is 8.47. The summed E-state index contributed by atoms with van der Waals surface area (Å²) in [5.74, 6) is 1.17. The number of imidazole rings is 1. The molecule has 1 atom stereocenters. The number of halogens is 1. The lowest BCUT2D eigenvalue weighted by atomic mass is 10.3. The highest BCUT2D eigenvalue weighted by molar-refractivity contribution is 7.99. The van der Waals surface area contributed by atoms with Gasteiger partial charge in [0.05, 0.1) is 6.54 Å². The fourth-order valence-corrected chi connectivity index (χ4v) is 3.82. The van der Waals surface area contributed by atoms with Crippen LogP contribution in [0.2, 0.25) is 0 Å². The third kappa shape index (κ3) is 5.11. The van der Waals surface area contributed by atoms with Gasteiger partial charge in [0.25, 0.3) is 5.56 Å². The number of nitrogens with one attached hydrogen (secondary N) is 1. The van der Waals surface area contributed by atoms with E-state index in [1.54, 1.807) is 23.6 Å². The van der Waals surface area contributed by atoms with Gasteiger partial charge in [-0.3, -0.25) is 14.3 Å². The van der Waals surface area contributed by atoms with Gasteiger partial charge in [-0.05, 0) is 19.1 Å². The molecule has 0 aliphatic heterocycles. The highest BCUT2D eigenvalue weighted by Gasteiger charge is 2.20. The van der Waals surface area contributed by atoms with Crippen molar-refractivity contribution in [3.8, 4) is 5.75 Å². The molecule has 2 heterocycles. The van der Waals surface area contributed by atoms with Gasteiger partial charge >= 0.3 is 5.69 Å². The van der Waals surface area contributed by atoms with E-state index in [1.165, 1.54) is 23.4 Å². The molecule has 3 aromatic rings. The van der Waals surface area contributed by atoms with E-state index in [-0.39, 0.29) is 24.3 Å². The number of rotatable bonds is 8. The van der Waals surface area contributed by atoms with Crippen molar-refractivity contribution in [2.45, 2.75) is 24.7 Å². The Morgan fingerprint density at radius 3 is 2.79 bits per heavy atom. The van der Waals surface area contributed by atoms with Crippen LogP contribution < -0.4 is 16.0 Å². The highest BCUT2D eigenvalue weighted by atomic mass is 35.5. The zero-order chi connectivity index (χ0) is 21.0. The van der Waals surface area contributed by atoms with E-state index in [1.807, 2.05) is 24.3 Å². The largest absolute Gasteiger partial charge is 0.491 e. The van der Waals surface area contributed by atoms with Crippen LogP contribution in [-0.4, -0.2) is 42.7 Å². The van der Waals surface area contributed by atoms with Crippen molar-refractivity contribution in [2.24, 2.45) is 7.05 Å². The van der Waals surface area contributed by atoms with Gasteiger partial charge in [-0.1, -0.05) is 47.6 Å². The second kappa shape index (κ2) is 9.34. The van der Waals surface area contributed by atoms with E-state index >= 15 is 0 Å². The van der Waals surface area contributed by atoms with Crippen molar-refractivity contribution >= 4 is 34.5 Å². The monoisotopic (exact) mass is 436 g/mol. The van der Waals surface area contributed by atoms with Gasteiger partial charge in [0.15, 0.2) is 16.3 Å². The van der Waals surface area contributed by atoms with Gasteiger partial charge in [0.2, 0.25) is 0 Å². The zero-order valence-electron chi connectivity index (χ0n) is 16.0. The molecule has 3 rings (SSSR count). The minimum absolute atomic E-state index is 0.0398. The fourth-order valence-electron chi connectivity index (χ4n) is 2.70. The molecular weight excluding hydrogens is 416 g/mol. The number of aryl methyl sites for hydroxylation is 1. The first-order valence-corrected chi connectivity index (χ1v) is 10.2. The summed E-state index contributed by atoms with van der Waals surface area (Å²) in [6.45, 7) is 1.89. The number of aromatic nitrogens is 4. The Morgan fingerprint density at radius 2 is 2.10 bits per heavy atom. The average Bonchev–Trinajstić information content (AvgIpc) is 3.04. The number of hydrogen-bond acceptors (Lipinski definition) is 6. The predicted octanol–water partition coefficient (Wildman–Crippen LogP) is 2.10. The summed E-state index contributed by atoms with van der Waals surface area (Å²) in [6, 6.07) is 9.14. The SMILES string of the molecule is C/C(Cl)=C\CSc1nc2c(c(=O)[nH]c(=O)n2C)n1CC(O)COc1ccccc1. The van der Waals surface area contributed by atoms with Crippen molar-refractivity contribution in [3.05, 3.63) is 62.3 Å². The Kier molecular flexibility index (Phi) is 6.83. The zero-order valence-corrected chi connectivity index (χ0v) is 17.5. The minimum atomic E-state index is -0.895. The summed E-state index contributed by atoms with van der Waals surface area (Å²) in [5, 5.41) is 11.6. The number of aliphatic hydroxyl groups excluding tert-OH is 1. The van der Waals surface area contributed by atoms with E-state index in [9.17, 15) is 14.7 Å². The summed E-state index contributed by atoms with van der Waals surface area (Å²) in [4.78, 5) is 31.1. The van der Waals surface area contributed by atoms with Gasteiger partial charge in [0.1, 0.15) is 18.5 Å². The first-order chi connectivity index (χ1) is 13.9. The maximum Gasteiger partial charge on any atom is 0.329 e. The Morgan fingerprint density at radius 1 is 1.38 bits per heavy atom. The molecule has 0 spiro atoms. The number of aromatic amines is 1. The molecule has 2 aromatic heterocycles. The molecule has 0 radical (unpaired) electrons. The molecule has 0 fully saturated rings. The van der Waals surface area contributed by atoms with E-state index in [4.69, 9.17) is 16.3 Å². The summed E-state index contributed by atoms with van der Waals surface area (Å²) in [5.41, 5.74) is -0.625. The van der Waals surface area contributed by atoms with Crippen molar-refractivity contribution in [1.82, 2.24) is 19.1 Å². The standard InChI is InChI=1S/C19H21ClN4O4S/c1-12(20)8-9-29-19-21-16-15(17(26)22-18(27)23(16)2)24(19)10-13(25)11-28-14-6-4-3-5-7-14/h3-8,13,25H,9-11H2,1-2H3,(H,22,26,27)/b12-8+. The number of allylic oxidation sites excluding steroid dienone is 1. The van der Waals surface area contributed by atoms with E-state index in [0.717, 1.165) is 0 Å². The molecule has 2 N–H and O–H groups in total.